The topological polar surface area (TPSA) is 48.4 Å². The van der Waals surface area contributed by atoms with Gasteiger partial charge in [0.25, 0.3) is 0 Å². The summed E-state index contributed by atoms with van der Waals surface area (Å²) in [5.74, 6) is 1.54. The summed E-state index contributed by atoms with van der Waals surface area (Å²) in [5, 5.41) is 14.1. The second-order valence-electron chi connectivity index (χ2n) is 8.50. The number of aliphatic hydroxyl groups is 1. The monoisotopic (exact) mass is 427 g/mol. The van der Waals surface area contributed by atoms with Crippen molar-refractivity contribution >= 4 is 17.2 Å². The molecule has 1 aromatic heterocycles. The molecule has 5 rings (SSSR count). The van der Waals surface area contributed by atoms with Crippen LogP contribution in [0.25, 0.3) is 0 Å². The molecule has 1 aliphatic heterocycles. The molecule has 1 aliphatic carbocycles. The second-order valence-corrected chi connectivity index (χ2v) is 8.50. The van der Waals surface area contributed by atoms with Gasteiger partial charge >= 0.3 is 0 Å². The molecule has 2 aliphatic rings. The molecule has 3 aromatic rings. The van der Waals surface area contributed by atoms with Crippen LogP contribution in [0.15, 0.2) is 84.8 Å². The van der Waals surface area contributed by atoms with Gasteiger partial charge in [-0.15, -0.1) is 0 Å². The molecule has 1 saturated carbocycles. The minimum Gasteiger partial charge on any atom is -0.384 e. The number of hydrogen-bond donors (Lipinski definition) is 2. The van der Waals surface area contributed by atoms with Crippen LogP contribution in [-0.2, 0) is 0 Å². The van der Waals surface area contributed by atoms with E-state index < -0.39 is 6.10 Å². The first-order valence-corrected chi connectivity index (χ1v) is 11.8. The van der Waals surface area contributed by atoms with E-state index in [4.69, 9.17) is 0 Å². The van der Waals surface area contributed by atoms with Crippen molar-refractivity contribution in [1.29, 1.82) is 0 Å². The van der Waals surface area contributed by atoms with Gasteiger partial charge in [-0.1, -0.05) is 81.3 Å². The molecule has 0 spiro atoms. The number of nitrogens with one attached hydrogen (secondary N) is 1. The Balaban J connectivity index is 0.000000300. The van der Waals surface area contributed by atoms with Crippen molar-refractivity contribution in [3.05, 3.63) is 96.0 Å². The van der Waals surface area contributed by atoms with Gasteiger partial charge in [-0.3, -0.25) is 4.90 Å². The molecule has 1 atom stereocenters. The van der Waals surface area contributed by atoms with Crippen LogP contribution in [0.1, 0.15) is 62.2 Å². The van der Waals surface area contributed by atoms with Crippen LogP contribution in [0.3, 0.4) is 0 Å². The Kier molecular flexibility index (Phi) is 7.57. The van der Waals surface area contributed by atoms with Gasteiger partial charge in [0.2, 0.25) is 0 Å². The lowest BCUT2D eigenvalue weighted by atomic mass is 10.00. The van der Waals surface area contributed by atoms with Crippen molar-refractivity contribution in [1.82, 2.24) is 4.98 Å². The van der Waals surface area contributed by atoms with E-state index in [2.05, 4.69) is 10.3 Å². The van der Waals surface area contributed by atoms with Crippen LogP contribution >= 0.6 is 0 Å². The highest BCUT2D eigenvalue weighted by molar-refractivity contribution is 5.74. The maximum Gasteiger partial charge on any atom is 0.145 e. The van der Waals surface area contributed by atoms with Gasteiger partial charge in [0.15, 0.2) is 0 Å². The number of nitrogens with zero attached hydrogens (tertiary/aromatic N) is 2. The normalized spacial score (nSPS) is 17.9. The van der Waals surface area contributed by atoms with E-state index in [1.165, 1.54) is 44.9 Å². The number of aromatic nitrogens is 1. The van der Waals surface area contributed by atoms with Gasteiger partial charge in [-0.2, -0.15) is 0 Å². The van der Waals surface area contributed by atoms with E-state index >= 15 is 0 Å². The van der Waals surface area contributed by atoms with Crippen LogP contribution < -0.4 is 10.2 Å². The first-order chi connectivity index (χ1) is 15.7. The number of aryl methyl sites for hydroxylation is 1. The number of benzene rings is 2. The number of fused-ring (bicyclic) bond motifs is 1. The molecule has 166 valence electrons. The molecule has 0 bridgehead atoms. The van der Waals surface area contributed by atoms with E-state index in [0.29, 0.717) is 0 Å². The fraction of sp³-hybridized carbons (Fsp3) is 0.321. The highest BCUT2D eigenvalue weighted by atomic mass is 16.3. The average molecular weight is 428 g/mol. The molecule has 1 fully saturated rings. The quantitative estimate of drug-likeness (QED) is 0.432. The van der Waals surface area contributed by atoms with Gasteiger partial charge in [-0.25, -0.2) is 4.98 Å². The number of rotatable bonds is 3. The van der Waals surface area contributed by atoms with E-state index in [-0.39, 0.29) is 0 Å². The number of hydrogen-bond acceptors (Lipinski definition) is 4. The van der Waals surface area contributed by atoms with Crippen LogP contribution in [-0.4, -0.2) is 10.1 Å². The molecular formula is C28H33N3O. The Bertz CT molecular complexity index is 998. The minimum atomic E-state index is -0.699. The lowest BCUT2D eigenvalue weighted by molar-refractivity contribution is 0.225. The average Bonchev–Trinajstić information content (AvgIpc) is 3.14. The van der Waals surface area contributed by atoms with Crippen LogP contribution in [0.2, 0.25) is 0 Å². The van der Waals surface area contributed by atoms with E-state index in [1.807, 2.05) is 84.6 Å². The third kappa shape index (κ3) is 5.38. The van der Waals surface area contributed by atoms with E-state index in [0.717, 1.165) is 34.1 Å². The fourth-order valence-corrected chi connectivity index (χ4v) is 4.36. The SMILES string of the molecule is C1CCCCCC1.Cc1ccnc2c1C(O)C=C(Nc1ccccc1)N2c1ccccc1. The zero-order valence-electron chi connectivity index (χ0n) is 18.9. The summed E-state index contributed by atoms with van der Waals surface area (Å²) in [7, 11) is 0. The molecule has 2 heterocycles. The smallest absolute Gasteiger partial charge is 0.145 e. The molecule has 2 aromatic carbocycles. The van der Waals surface area contributed by atoms with Gasteiger partial charge < -0.3 is 10.4 Å². The maximum atomic E-state index is 10.7. The van der Waals surface area contributed by atoms with Crippen molar-refractivity contribution in [2.75, 3.05) is 10.2 Å². The molecule has 32 heavy (non-hydrogen) atoms. The summed E-state index contributed by atoms with van der Waals surface area (Å²) in [5.41, 5.74) is 3.81. The summed E-state index contributed by atoms with van der Waals surface area (Å²) in [4.78, 5) is 6.61. The Morgan fingerprint density at radius 3 is 1.97 bits per heavy atom. The third-order valence-electron chi connectivity index (χ3n) is 6.06. The van der Waals surface area contributed by atoms with Gasteiger partial charge in [-0.05, 0) is 48.9 Å². The largest absolute Gasteiger partial charge is 0.384 e. The fourth-order valence-electron chi connectivity index (χ4n) is 4.36. The van der Waals surface area contributed by atoms with Crippen LogP contribution in [0.4, 0.5) is 17.2 Å². The Morgan fingerprint density at radius 2 is 1.38 bits per heavy atom. The predicted octanol–water partition coefficient (Wildman–Crippen LogP) is 7.26. The summed E-state index contributed by atoms with van der Waals surface area (Å²) in [6, 6.07) is 21.9. The first kappa shape index (κ1) is 22.1. The summed E-state index contributed by atoms with van der Waals surface area (Å²) in [6.45, 7) is 2.00. The van der Waals surface area contributed by atoms with Crippen molar-refractivity contribution in [2.45, 2.75) is 58.0 Å². The Labute approximate surface area is 191 Å². The molecule has 0 radical (unpaired) electrons. The minimum absolute atomic E-state index is 0.699. The number of aliphatic hydroxyl groups excluding tert-OH is 1. The predicted molar refractivity (Wildman–Crippen MR) is 133 cm³/mol. The molecule has 4 heteroatoms. The lowest BCUT2D eigenvalue weighted by Crippen LogP contribution is -2.29. The Morgan fingerprint density at radius 1 is 0.812 bits per heavy atom. The standard InChI is InChI=1S/C21H19N3O.C7H14/c1-15-12-13-22-21-20(15)18(25)14-19(23-16-8-4-2-5-9-16)24(21)17-10-6-3-7-11-17;1-2-4-6-7-5-3-1/h2-14,18,23,25H,1H3;1-7H2. The van der Waals surface area contributed by atoms with Crippen LogP contribution in [0, 0.1) is 6.92 Å². The highest BCUT2D eigenvalue weighted by Gasteiger charge is 2.29. The number of anilines is 3. The molecule has 1 unspecified atom stereocenters. The third-order valence-corrected chi connectivity index (χ3v) is 6.06. The lowest BCUT2D eigenvalue weighted by Gasteiger charge is -2.34. The van der Waals surface area contributed by atoms with Crippen molar-refractivity contribution in [2.24, 2.45) is 0 Å². The van der Waals surface area contributed by atoms with Gasteiger partial charge in [0, 0.05) is 23.1 Å². The van der Waals surface area contributed by atoms with Crippen molar-refractivity contribution < 1.29 is 5.11 Å². The molecule has 4 nitrogen and oxygen atoms in total. The van der Waals surface area contributed by atoms with E-state index in [9.17, 15) is 5.11 Å². The Hall–Kier alpha value is -3.11. The first-order valence-electron chi connectivity index (χ1n) is 11.8. The summed E-state index contributed by atoms with van der Waals surface area (Å²) < 4.78 is 0. The molecule has 0 saturated heterocycles. The van der Waals surface area contributed by atoms with Crippen molar-refractivity contribution in [3.63, 3.8) is 0 Å². The second kappa shape index (κ2) is 11.0. The molecule has 0 amide bonds. The zero-order chi connectivity index (χ0) is 22.2. The number of pyridine rings is 1. The summed E-state index contributed by atoms with van der Waals surface area (Å²) >= 11 is 0. The van der Waals surface area contributed by atoms with Gasteiger partial charge in [0.05, 0.1) is 0 Å². The van der Waals surface area contributed by atoms with Gasteiger partial charge in [0.1, 0.15) is 17.7 Å². The molecule has 2 N–H and O–H groups in total. The summed E-state index contributed by atoms with van der Waals surface area (Å²) in [6.07, 6.45) is 13.4. The van der Waals surface area contributed by atoms with Crippen molar-refractivity contribution in [3.8, 4) is 0 Å². The van der Waals surface area contributed by atoms with Crippen LogP contribution in [0.5, 0.6) is 0 Å². The van der Waals surface area contributed by atoms with E-state index in [1.54, 1.807) is 6.20 Å². The molecular weight excluding hydrogens is 394 g/mol. The maximum absolute atomic E-state index is 10.7. The highest BCUT2D eigenvalue weighted by Crippen LogP contribution is 2.40. The number of para-hydroxylation sites is 2. The zero-order valence-corrected chi connectivity index (χ0v) is 18.9.